The molecule has 0 radical (unpaired) electrons. The molecule has 4 heteroatoms. The van der Waals surface area contributed by atoms with Gasteiger partial charge in [-0.15, -0.1) is 0 Å². The zero-order chi connectivity index (χ0) is 10.4. The van der Waals surface area contributed by atoms with Crippen LogP contribution in [0.5, 0.6) is 0 Å². The van der Waals surface area contributed by atoms with Crippen molar-refractivity contribution in [3.63, 3.8) is 0 Å². The first-order valence-electron chi connectivity index (χ1n) is 4.87. The van der Waals surface area contributed by atoms with Gasteiger partial charge < -0.3 is 16.4 Å². The molecule has 1 aromatic heterocycles. The van der Waals surface area contributed by atoms with Gasteiger partial charge in [-0.05, 0) is 12.1 Å². The number of rotatable bonds is 5. The number of nitrogens with zero attached hydrogens (tertiary/aromatic N) is 1. The number of nitrogens with one attached hydrogen (secondary N) is 2. The Bertz CT molecular complexity index is 255. The molecule has 1 heterocycles. The summed E-state index contributed by atoms with van der Waals surface area (Å²) in [5.74, 6) is 0.552. The second-order valence-electron chi connectivity index (χ2n) is 3.51. The first-order valence-corrected chi connectivity index (χ1v) is 4.87. The molecule has 0 aliphatic rings. The van der Waals surface area contributed by atoms with Crippen molar-refractivity contribution in [3.8, 4) is 0 Å². The molecular formula is C10H18N4. The smallest absolute Gasteiger partial charge is 0.123 e. The van der Waals surface area contributed by atoms with Crippen LogP contribution >= 0.6 is 0 Å². The molecule has 78 valence electrons. The van der Waals surface area contributed by atoms with Gasteiger partial charge in [-0.1, -0.05) is 13.8 Å². The molecule has 1 rings (SSSR count). The van der Waals surface area contributed by atoms with Crippen LogP contribution in [0.2, 0.25) is 0 Å². The molecule has 0 atom stereocenters. The van der Waals surface area contributed by atoms with Gasteiger partial charge in [-0.3, -0.25) is 0 Å². The van der Waals surface area contributed by atoms with Crippen molar-refractivity contribution in [2.75, 3.05) is 24.1 Å². The third kappa shape index (κ3) is 4.09. The van der Waals surface area contributed by atoms with Crippen molar-refractivity contribution in [2.24, 2.45) is 0 Å². The van der Waals surface area contributed by atoms with E-state index in [9.17, 15) is 0 Å². The summed E-state index contributed by atoms with van der Waals surface area (Å²) in [6.45, 7) is 6.10. The molecule has 0 bridgehead atoms. The van der Waals surface area contributed by atoms with Crippen LogP contribution in [0.25, 0.3) is 0 Å². The summed E-state index contributed by atoms with van der Waals surface area (Å²) in [5.41, 5.74) is 6.47. The summed E-state index contributed by atoms with van der Waals surface area (Å²) in [4.78, 5) is 3.99. The quantitative estimate of drug-likeness (QED) is 0.614. The van der Waals surface area contributed by atoms with Gasteiger partial charge >= 0.3 is 0 Å². The van der Waals surface area contributed by atoms with Crippen LogP contribution in [0, 0.1) is 0 Å². The second-order valence-corrected chi connectivity index (χ2v) is 3.51. The predicted molar refractivity (Wildman–Crippen MR) is 60.3 cm³/mol. The number of aromatic nitrogens is 1. The van der Waals surface area contributed by atoms with E-state index in [1.165, 1.54) is 0 Å². The minimum atomic E-state index is 0.529. The van der Waals surface area contributed by atoms with E-state index in [1.807, 2.05) is 6.07 Å². The zero-order valence-corrected chi connectivity index (χ0v) is 8.75. The molecule has 14 heavy (non-hydrogen) atoms. The van der Waals surface area contributed by atoms with Crippen molar-refractivity contribution >= 4 is 11.5 Å². The maximum Gasteiger partial charge on any atom is 0.123 e. The Kier molecular flexibility index (Phi) is 4.19. The topological polar surface area (TPSA) is 63.0 Å². The van der Waals surface area contributed by atoms with Crippen molar-refractivity contribution in [1.82, 2.24) is 10.3 Å². The highest BCUT2D eigenvalue weighted by molar-refractivity contribution is 5.45. The molecule has 0 fully saturated rings. The van der Waals surface area contributed by atoms with Gasteiger partial charge in [0, 0.05) is 19.1 Å². The van der Waals surface area contributed by atoms with Crippen molar-refractivity contribution < 1.29 is 0 Å². The van der Waals surface area contributed by atoms with Gasteiger partial charge in [0.1, 0.15) is 5.82 Å². The number of pyridine rings is 1. The van der Waals surface area contributed by atoms with Crippen LogP contribution in [-0.4, -0.2) is 24.1 Å². The Morgan fingerprint density at radius 3 is 2.71 bits per heavy atom. The van der Waals surface area contributed by atoms with E-state index in [0.29, 0.717) is 11.9 Å². The monoisotopic (exact) mass is 194 g/mol. The molecule has 0 spiro atoms. The summed E-state index contributed by atoms with van der Waals surface area (Å²) < 4.78 is 0. The van der Waals surface area contributed by atoms with Crippen molar-refractivity contribution in [2.45, 2.75) is 19.9 Å². The highest BCUT2D eigenvalue weighted by Crippen LogP contribution is 2.05. The fourth-order valence-corrected chi connectivity index (χ4v) is 1.08. The zero-order valence-electron chi connectivity index (χ0n) is 8.75. The number of anilines is 2. The van der Waals surface area contributed by atoms with Crippen molar-refractivity contribution in [3.05, 3.63) is 18.3 Å². The largest absolute Gasteiger partial charge is 0.384 e. The average molecular weight is 194 g/mol. The molecule has 0 saturated carbocycles. The van der Waals surface area contributed by atoms with Gasteiger partial charge in [0.15, 0.2) is 0 Å². The minimum Gasteiger partial charge on any atom is -0.384 e. The Balaban J connectivity index is 2.21. The first-order chi connectivity index (χ1) is 6.68. The summed E-state index contributed by atoms with van der Waals surface area (Å²) in [5, 5.41) is 6.57. The van der Waals surface area contributed by atoms with Gasteiger partial charge in [-0.2, -0.15) is 0 Å². The molecule has 4 nitrogen and oxygen atoms in total. The minimum absolute atomic E-state index is 0.529. The Labute approximate surface area is 84.9 Å². The van der Waals surface area contributed by atoms with Gasteiger partial charge in [0.25, 0.3) is 0 Å². The predicted octanol–water partition coefficient (Wildman–Crippen LogP) is 1.07. The van der Waals surface area contributed by atoms with Gasteiger partial charge in [0.2, 0.25) is 0 Å². The van der Waals surface area contributed by atoms with Gasteiger partial charge in [0.05, 0.1) is 11.9 Å². The summed E-state index contributed by atoms with van der Waals surface area (Å²) >= 11 is 0. The fourth-order valence-electron chi connectivity index (χ4n) is 1.08. The molecule has 1 aromatic rings. The van der Waals surface area contributed by atoms with Crippen LogP contribution in [0.4, 0.5) is 11.5 Å². The van der Waals surface area contributed by atoms with Crippen LogP contribution < -0.4 is 16.4 Å². The summed E-state index contributed by atoms with van der Waals surface area (Å²) in [6.07, 6.45) is 1.74. The van der Waals surface area contributed by atoms with Crippen LogP contribution in [0.15, 0.2) is 18.3 Å². The van der Waals surface area contributed by atoms with Crippen LogP contribution in [0.3, 0.4) is 0 Å². The van der Waals surface area contributed by atoms with E-state index in [2.05, 4.69) is 29.5 Å². The van der Waals surface area contributed by atoms with Crippen molar-refractivity contribution in [1.29, 1.82) is 0 Å². The maximum atomic E-state index is 5.47. The first kappa shape index (κ1) is 10.8. The van der Waals surface area contributed by atoms with E-state index in [-0.39, 0.29) is 0 Å². The van der Waals surface area contributed by atoms with E-state index < -0.39 is 0 Å². The third-order valence-corrected chi connectivity index (χ3v) is 1.79. The van der Waals surface area contributed by atoms with E-state index in [4.69, 9.17) is 5.73 Å². The second kappa shape index (κ2) is 5.44. The fraction of sp³-hybridized carbons (Fsp3) is 0.500. The van der Waals surface area contributed by atoms with E-state index in [0.717, 1.165) is 18.8 Å². The number of hydrogen-bond donors (Lipinski definition) is 3. The Morgan fingerprint density at radius 1 is 1.36 bits per heavy atom. The third-order valence-electron chi connectivity index (χ3n) is 1.79. The van der Waals surface area contributed by atoms with E-state index in [1.54, 1.807) is 12.3 Å². The SMILES string of the molecule is CC(C)NCCNc1ccc(N)nc1. The summed E-state index contributed by atoms with van der Waals surface area (Å²) in [6, 6.07) is 4.25. The highest BCUT2D eigenvalue weighted by atomic mass is 15.0. The average Bonchev–Trinajstić information content (AvgIpc) is 2.15. The normalized spacial score (nSPS) is 10.5. The molecule has 0 aliphatic carbocycles. The molecule has 0 amide bonds. The van der Waals surface area contributed by atoms with Crippen LogP contribution in [-0.2, 0) is 0 Å². The maximum absolute atomic E-state index is 5.47. The van der Waals surface area contributed by atoms with Crippen LogP contribution in [0.1, 0.15) is 13.8 Å². The molecule has 0 saturated heterocycles. The standard InChI is InChI=1S/C10H18N4/c1-8(2)12-5-6-13-9-3-4-10(11)14-7-9/h3-4,7-8,12-13H,5-6H2,1-2H3,(H2,11,14). The lowest BCUT2D eigenvalue weighted by Crippen LogP contribution is -2.28. The number of hydrogen-bond acceptors (Lipinski definition) is 4. The summed E-state index contributed by atoms with van der Waals surface area (Å²) in [7, 11) is 0. The highest BCUT2D eigenvalue weighted by Gasteiger charge is 1.93. The lowest BCUT2D eigenvalue weighted by atomic mass is 10.4. The molecular weight excluding hydrogens is 176 g/mol. The Morgan fingerprint density at radius 2 is 2.14 bits per heavy atom. The number of nitrogen functional groups attached to an aromatic ring is 1. The number of nitrogens with two attached hydrogens (primary N) is 1. The Hall–Kier alpha value is -1.29. The lowest BCUT2D eigenvalue weighted by Gasteiger charge is -2.09. The van der Waals surface area contributed by atoms with E-state index >= 15 is 0 Å². The lowest BCUT2D eigenvalue weighted by molar-refractivity contribution is 0.602. The molecule has 0 aromatic carbocycles. The molecule has 0 aliphatic heterocycles. The van der Waals surface area contributed by atoms with Gasteiger partial charge in [-0.25, -0.2) is 4.98 Å². The molecule has 0 unspecified atom stereocenters. The molecule has 4 N–H and O–H groups in total.